The lowest BCUT2D eigenvalue weighted by molar-refractivity contribution is -0.384. The van der Waals surface area contributed by atoms with E-state index in [1.54, 1.807) is 0 Å². The van der Waals surface area contributed by atoms with E-state index >= 15 is 0 Å². The molecule has 1 aromatic rings. The quantitative estimate of drug-likeness (QED) is 0.514. The average Bonchev–Trinajstić information content (AvgIpc) is 2.74. The van der Waals surface area contributed by atoms with Gasteiger partial charge in [-0.1, -0.05) is 25.7 Å². The molecule has 0 aromatic heterocycles. The third-order valence-electron chi connectivity index (χ3n) is 3.64. The van der Waals surface area contributed by atoms with Gasteiger partial charge in [0.25, 0.3) is 11.6 Å². The molecule has 0 unspecified atom stereocenters. The second-order valence-corrected chi connectivity index (χ2v) is 5.30. The van der Waals surface area contributed by atoms with Crippen molar-refractivity contribution in [3.8, 4) is 5.75 Å². The summed E-state index contributed by atoms with van der Waals surface area (Å²) < 4.78 is 5.34. The molecular weight excluding hydrogens is 272 g/mol. The highest BCUT2D eigenvalue weighted by atomic mass is 16.6. The number of amides is 1. The fourth-order valence-electron chi connectivity index (χ4n) is 2.51. The van der Waals surface area contributed by atoms with Crippen molar-refractivity contribution in [2.45, 2.75) is 44.6 Å². The molecular formula is C15H20N2O4. The minimum Gasteiger partial charge on any atom is -0.484 e. The zero-order chi connectivity index (χ0) is 15.1. The number of nitrogens with zero attached hydrogens (tertiary/aromatic N) is 1. The summed E-state index contributed by atoms with van der Waals surface area (Å²) in [7, 11) is 0. The minimum absolute atomic E-state index is 0.00487. The first-order valence-electron chi connectivity index (χ1n) is 7.32. The van der Waals surface area contributed by atoms with E-state index in [0.29, 0.717) is 5.75 Å². The molecule has 0 bridgehead atoms. The molecule has 0 atom stereocenters. The summed E-state index contributed by atoms with van der Waals surface area (Å²) in [6, 6.07) is 5.96. The van der Waals surface area contributed by atoms with Crippen LogP contribution in [0.5, 0.6) is 5.75 Å². The second kappa shape index (κ2) is 7.61. The Labute approximate surface area is 123 Å². The number of benzene rings is 1. The minimum atomic E-state index is -0.470. The summed E-state index contributed by atoms with van der Waals surface area (Å²) >= 11 is 0. The smallest absolute Gasteiger partial charge is 0.269 e. The lowest BCUT2D eigenvalue weighted by Gasteiger charge is -2.16. The van der Waals surface area contributed by atoms with Crippen molar-refractivity contribution in [3.63, 3.8) is 0 Å². The molecule has 0 heterocycles. The van der Waals surface area contributed by atoms with E-state index in [1.807, 2.05) is 0 Å². The van der Waals surface area contributed by atoms with Gasteiger partial charge >= 0.3 is 0 Å². The van der Waals surface area contributed by atoms with E-state index < -0.39 is 4.92 Å². The van der Waals surface area contributed by atoms with Crippen LogP contribution in [0.2, 0.25) is 0 Å². The second-order valence-electron chi connectivity index (χ2n) is 5.30. The first kappa shape index (κ1) is 15.3. The van der Waals surface area contributed by atoms with Crippen LogP contribution >= 0.6 is 0 Å². The van der Waals surface area contributed by atoms with Crippen LogP contribution in [0.3, 0.4) is 0 Å². The predicted molar refractivity (Wildman–Crippen MR) is 78.2 cm³/mol. The normalized spacial score (nSPS) is 16.0. The standard InChI is InChI=1S/C15H20N2O4/c18-15(16-12-5-3-1-2-4-6-12)11-21-14-9-7-13(8-10-14)17(19)20/h7-10,12H,1-6,11H2,(H,16,18). The molecule has 21 heavy (non-hydrogen) atoms. The number of carbonyl (C=O) groups is 1. The monoisotopic (exact) mass is 292 g/mol. The van der Waals surface area contributed by atoms with Gasteiger partial charge in [0.05, 0.1) is 4.92 Å². The molecule has 1 saturated carbocycles. The van der Waals surface area contributed by atoms with Gasteiger partial charge in [0, 0.05) is 18.2 Å². The number of nitro benzene ring substituents is 1. The van der Waals surface area contributed by atoms with E-state index in [1.165, 1.54) is 37.1 Å². The van der Waals surface area contributed by atoms with Crippen molar-refractivity contribution in [2.24, 2.45) is 0 Å². The summed E-state index contributed by atoms with van der Waals surface area (Å²) in [6.07, 6.45) is 6.87. The predicted octanol–water partition coefficient (Wildman–Crippen LogP) is 2.81. The fourth-order valence-corrected chi connectivity index (χ4v) is 2.51. The molecule has 1 aromatic carbocycles. The van der Waals surface area contributed by atoms with Crippen LogP contribution in [0.15, 0.2) is 24.3 Å². The Kier molecular flexibility index (Phi) is 5.54. The first-order chi connectivity index (χ1) is 10.1. The van der Waals surface area contributed by atoms with Crippen molar-refractivity contribution in [2.75, 3.05) is 6.61 Å². The largest absolute Gasteiger partial charge is 0.484 e. The topological polar surface area (TPSA) is 81.5 Å². The molecule has 0 aliphatic heterocycles. The molecule has 114 valence electrons. The Morgan fingerprint density at radius 2 is 1.81 bits per heavy atom. The molecule has 1 N–H and O–H groups in total. The highest BCUT2D eigenvalue weighted by Gasteiger charge is 2.15. The number of rotatable bonds is 5. The molecule has 0 spiro atoms. The molecule has 1 amide bonds. The number of ether oxygens (including phenoxy) is 1. The van der Waals surface area contributed by atoms with Crippen molar-refractivity contribution < 1.29 is 14.5 Å². The summed E-state index contributed by atoms with van der Waals surface area (Å²) in [6.45, 7) is -0.0612. The summed E-state index contributed by atoms with van der Waals surface area (Å²) in [4.78, 5) is 21.9. The molecule has 0 saturated heterocycles. The molecule has 6 nitrogen and oxygen atoms in total. The maximum atomic E-state index is 11.8. The van der Waals surface area contributed by atoms with E-state index in [9.17, 15) is 14.9 Å². The first-order valence-corrected chi connectivity index (χ1v) is 7.32. The lowest BCUT2D eigenvalue weighted by Crippen LogP contribution is -2.37. The van der Waals surface area contributed by atoms with Crippen molar-refractivity contribution in [3.05, 3.63) is 34.4 Å². The van der Waals surface area contributed by atoms with Crippen molar-refractivity contribution >= 4 is 11.6 Å². The van der Waals surface area contributed by atoms with Crippen LogP contribution in [0, 0.1) is 10.1 Å². The average molecular weight is 292 g/mol. The van der Waals surface area contributed by atoms with Gasteiger partial charge in [0.1, 0.15) is 5.75 Å². The Morgan fingerprint density at radius 3 is 2.38 bits per heavy atom. The molecule has 0 radical (unpaired) electrons. The highest BCUT2D eigenvalue weighted by Crippen LogP contribution is 2.18. The zero-order valence-electron chi connectivity index (χ0n) is 11.9. The Balaban J connectivity index is 1.76. The zero-order valence-corrected chi connectivity index (χ0v) is 11.9. The van der Waals surface area contributed by atoms with Gasteiger partial charge in [-0.25, -0.2) is 0 Å². The molecule has 6 heteroatoms. The van der Waals surface area contributed by atoms with Gasteiger partial charge in [-0.2, -0.15) is 0 Å². The van der Waals surface area contributed by atoms with Crippen LogP contribution in [0.25, 0.3) is 0 Å². The molecule has 2 rings (SSSR count). The van der Waals surface area contributed by atoms with Crippen LogP contribution in [0.1, 0.15) is 38.5 Å². The lowest BCUT2D eigenvalue weighted by atomic mass is 10.1. The van der Waals surface area contributed by atoms with Crippen molar-refractivity contribution in [1.29, 1.82) is 0 Å². The molecule has 1 aliphatic carbocycles. The maximum Gasteiger partial charge on any atom is 0.269 e. The van der Waals surface area contributed by atoms with Gasteiger partial charge in [-0.15, -0.1) is 0 Å². The summed E-state index contributed by atoms with van der Waals surface area (Å²) in [5.41, 5.74) is 0.00487. The third-order valence-corrected chi connectivity index (χ3v) is 3.64. The fraction of sp³-hybridized carbons (Fsp3) is 0.533. The van der Waals surface area contributed by atoms with Gasteiger partial charge in [0.15, 0.2) is 6.61 Å². The number of non-ortho nitro benzene ring substituents is 1. The molecule has 1 fully saturated rings. The van der Waals surface area contributed by atoms with Gasteiger partial charge in [-0.3, -0.25) is 14.9 Å². The Bertz CT molecular complexity index is 479. The van der Waals surface area contributed by atoms with Crippen LogP contribution < -0.4 is 10.1 Å². The number of hydrogen-bond acceptors (Lipinski definition) is 4. The summed E-state index contributed by atoms with van der Waals surface area (Å²) in [5, 5.41) is 13.5. The van der Waals surface area contributed by atoms with E-state index in [4.69, 9.17) is 4.74 Å². The maximum absolute atomic E-state index is 11.8. The number of nitro groups is 1. The van der Waals surface area contributed by atoms with Gasteiger partial charge < -0.3 is 10.1 Å². The number of hydrogen-bond donors (Lipinski definition) is 1. The van der Waals surface area contributed by atoms with E-state index in [0.717, 1.165) is 25.7 Å². The van der Waals surface area contributed by atoms with E-state index in [2.05, 4.69) is 5.32 Å². The summed E-state index contributed by atoms with van der Waals surface area (Å²) in [5.74, 6) is 0.317. The highest BCUT2D eigenvalue weighted by molar-refractivity contribution is 5.77. The van der Waals surface area contributed by atoms with E-state index in [-0.39, 0.29) is 24.2 Å². The van der Waals surface area contributed by atoms with Gasteiger partial charge in [-0.05, 0) is 25.0 Å². The number of nitrogens with one attached hydrogen (secondary N) is 1. The Morgan fingerprint density at radius 1 is 1.19 bits per heavy atom. The van der Waals surface area contributed by atoms with Gasteiger partial charge in [0.2, 0.25) is 0 Å². The van der Waals surface area contributed by atoms with Crippen LogP contribution in [-0.4, -0.2) is 23.5 Å². The number of carbonyl (C=O) groups excluding carboxylic acids is 1. The Hall–Kier alpha value is -2.11. The van der Waals surface area contributed by atoms with Crippen molar-refractivity contribution in [1.82, 2.24) is 5.32 Å². The molecule has 1 aliphatic rings. The van der Waals surface area contributed by atoms with Crippen LogP contribution in [0.4, 0.5) is 5.69 Å². The van der Waals surface area contributed by atoms with Crippen LogP contribution in [-0.2, 0) is 4.79 Å². The SMILES string of the molecule is O=C(COc1ccc([N+](=O)[O-])cc1)NC1CCCCCC1. The third kappa shape index (κ3) is 5.06.